The third-order valence-electron chi connectivity index (χ3n) is 1.12. The fourth-order valence-electron chi connectivity index (χ4n) is 0.510. The van der Waals surface area contributed by atoms with Crippen molar-refractivity contribution in [3.63, 3.8) is 0 Å². The van der Waals surface area contributed by atoms with Crippen LogP contribution in [0.3, 0.4) is 0 Å². The van der Waals surface area contributed by atoms with E-state index in [-0.39, 0.29) is 6.47 Å². The van der Waals surface area contributed by atoms with Crippen LogP contribution in [0.5, 0.6) is 0 Å². The van der Waals surface area contributed by atoms with Crippen molar-refractivity contribution in [2.24, 2.45) is 0 Å². The van der Waals surface area contributed by atoms with E-state index in [0.717, 1.165) is 19.8 Å². The van der Waals surface area contributed by atoms with Gasteiger partial charge in [0.2, 0.25) is 0 Å². The summed E-state index contributed by atoms with van der Waals surface area (Å²) in [6.45, 7) is 8.53. The van der Waals surface area contributed by atoms with E-state index in [1.807, 2.05) is 20.8 Å². The van der Waals surface area contributed by atoms with E-state index in [2.05, 4.69) is 4.74 Å². The Labute approximate surface area is 87.2 Å². The minimum atomic E-state index is -0.250. The number of carbonyl (C=O) groups is 1. The molecular formula is C10H24O4. The molecule has 4 nitrogen and oxygen atoms in total. The zero-order valence-electron chi connectivity index (χ0n) is 9.78. The van der Waals surface area contributed by atoms with Crippen molar-refractivity contribution < 1.29 is 19.4 Å². The highest BCUT2D eigenvalue weighted by Crippen LogP contribution is 1.98. The Kier molecular flexibility index (Phi) is 40.0. The van der Waals surface area contributed by atoms with Crippen LogP contribution in [0.25, 0.3) is 0 Å². The summed E-state index contributed by atoms with van der Waals surface area (Å²) in [5.74, 6) is 0. The fraction of sp³-hybridized carbons (Fsp3) is 0.900. The maximum absolute atomic E-state index is 8.36. The lowest BCUT2D eigenvalue weighted by Crippen LogP contribution is -1.74. The van der Waals surface area contributed by atoms with Crippen LogP contribution in [-0.2, 0) is 14.3 Å². The molecule has 1 aliphatic heterocycles. The lowest BCUT2D eigenvalue weighted by molar-refractivity contribution is -0.122. The third-order valence-corrected chi connectivity index (χ3v) is 1.12. The van der Waals surface area contributed by atoms with Crippen molar-refractivity contribution in [3.05, 3.63) is 0 Å². The second kappa shape index (κ2) is 29.4. The summed E-state index contributed by atoms with van der Waals surface area (Å²) >= 11 is 0. The van der Waals surface area contributed by atoms with Crippen LogP contribution in [-0.4, -0.2) is 38.5 Å². The molecule has 0 aliphatic carbocycles. The van der Waals surface area contributed by atoms with Crippen LogP contribution in [0.2, 0.25) is 0 Å². The van der Waals surface area contributed by atoms with Gasteiger partial charge >= 0.3 is 0 Å². The third kappa shape index (κ3) is 42.3. The quantitative estimate of drug-likeness (QED) is 0.671. The first-order chi connectivity index (χ1) is 6.83. The lowest BCUT2D eigenvalue weighted by atomic mass is 10.4. The molecule has 14 heavy (non-hydrogen) atoms. The SMILES string of the molecule is C1CCOC1.CC.CCOC.O=CO. The molecule has 0 amide bonds. The molecule has 0 spiro atoms. The van der Waals surface area contributed by atoms with Gasteiger partial charge in [-0.2, -0.15) is 0 Å². The monoisotopic (exact) mass is 208 g/mol. The molecule has 88 valence electrons. The highest BCUT2D eigenvalue weighted by atomic mass is 16.5. The highest BCUT2D eigenvalue weighted by molar-refractivity contribution is 5.32. The molecule has 0 aromatic rings. The predicted molar refractivity (Wildman–Crippen MR) is 57.6 cm³/mol. The number of hydrogen-bond acceptors (Lipinski definition) is 3. The van der Waals surface area contributed by atoms with Gasteiger partial charge in [0.1, 0.15) is 0 Å². The molecule has 1 saturated heterocycles. The Morgan fingerprint density at radius 3 is 1.71 bits per heavy atom. The van der Waals surface area contributed by atoms with Crippen LogP contribution in [0, 0.1) is 0 Å². The zero-order valence-corrected chi connectivity index (χ0v) is 9.78. The molecule has 1 fully saturated rings. The van der Waals surface area contributed by atoms with Crippen molar-refractivity contribution in [3.8, 4) is 0 Å². The highest BCUT2D eigenvalue weighted by Gasteiger charge is 1.94. The molecule has 0 saturated carbocycles. The van der Waals surface area contributed by atoms with Crippen LogP contribution in [0.4, 0.5) is 0 Å². The second-order valence-corrected chi connectivity index (χ2v) is 2.00. The van der Waals surface area contributed by atoms with Crippen molar-refractivity contribution >= 4 is 6.47 Å². The molecule has 0 aromatic carbocycles. The van der Waals surface area contributed by atoms with Gasteiger partial charge in [0, 0.05) is 26.9 Å². The van der Waals surface area contributed by atoms with Gasteiger partial charge in [0.25, 0.3) is 6.47 Å². The molecule has 1 aliphatic rings. The van der Waals surface area contributed by atoms with Crippen molar-refractivity contribution in [2.45, 2.75) is 33.6 Å². The summed E-state index contributed by atoms with van der Waals surface area (Å²) in [6, 6.07) is 0. The van der Waals surface area contributed by atoms with Gasteiger partial charge in [-0.05, 0) is 19.8 Å². The first-order valence-corrected chi connectivity index (χ1v) is 4.98. The maximum atomic E-state index is 8.36. The van der Waals surface area contributed by atoms with Crippen molar-refractivity contribution in [2.75, 3.05) is 26.9 Å². The summed E-state index contributed by atoms with van der Waals surface area (Å²) in [7, 11) is 1.68. The standard InChI is InChI=1S/C4H8O.C3H8O.C2H6.CH2O2/c1-2-4-5-3-1;1-3-4-2;1-2;2-1-3/h1-4H2;3H2,1-2H3;1-2H3;1H,(H,2,3). The van der Waals surface area contributed by atoms with Gasteiger partial charge in [-0.15, -0.1) is 0 Å². The number of rotatable bonds is 1. The Bertz CT molecular complexity index is 62.9. The van der Waals surface area contributed by atoms with Gasteiger partial charge in [-0.1, -0.05) is 13.8 Å². The van der Waals surface area contributed by atoms with E-state index in [1.165, 1.54) is 12.8 Å². The summed E-state index contributed by atoms with van der Waals surface area (Å²) < 4.78 is 9.49. The molecule has 0 atom stereocenters. The topological polar surface area (TPSA) is 55.8 Å². The number of carboxylic acid groups (broad SMARTS) is 1. The summed E-state index contributed by atoms with van der Waals surface area (Å²) in [6.07, 6.45) is 2.56. The molecule has 1 rings (SSSR count). The van der Waals surface area contributed by atoms with Gasteiger partial charge in [0.05, 0.1) is 0 Å². The van der Waals surface area contributed by atoms with E-state index in [1.54, 1.807) is 7.11 Å². The van der Waals surface area contributed by atoms with E-state index in [9.17, 15) is 0 Å². The number of methoxy groups -OCH3 is 1. The lowest BCUT2D eigenvalue weighted by Gasteiger charge is -1.76. The Morgan fingerprint density at radius 1 is 1.36 bits per heavy atom. The van der Waals surface area contributed by atoms with E-state index in [4.69, 9.17) is 14.6 Å². The Hall–Kier alpha value is -0.610. The van der Waals surface area contributed by atoms with Crippen LogP contribution >= 0.6 is 0 Å². The molecule has 1 heterocycles. The number of hydrogen-bond donors (Lipinski definition) is 1. The summed E-state index contributed by atoms with van der Waals surface area (Å²) in [5, 5.41) is 6.89. The van der Waals surface area contributed by atoms with Crippen molar-refractivity contribution in [1.82, 2.24) is 0 Å². The predicted octanol–water partition coefficient (Wildman–Crippen LogP) is 2.18. The van der Waals surface area contributed by atoms with Crippen molar-refractivity contribution in [1.29, 1.82) is 0 Å². The molecule has 0 aromatic heterocycles. The van der Waals surface area contributed by atoms with Gasteiger partial charge in [-0.25, -0.2) is 0 Å². The minimum Gasteiger partial charge on any atom is -0.483 e. The second-order valence-electron chi connectivity index (χ2n) is 2.00. The van der Waals surface area contributed by atoms with Gasteiger partial charge < -0.3 is 14.6 Å². The van der Waals surface area contributed by atoms with Gasteiger partial charge in [0.15, 0.2) is 0 Å². The maximum Gasteiger partial charge on any atom is 0.290 e. The Morgan fingerprint density at radius 2 is 1.64 bits per heavy atom. The molecule has 1 N–H and O–H groups in total. The van der Waals surface area contributed by atoms with Crippen LogP contribution in [0.1, 0.15) is 33.6 Å². The normalized spacial score (nSPS) is 12.0. The molecule has 0 radical (unpaired) electrons. The summed E-state index contributed by atoms with van der Waals surface area (Å²) in [5.41, 5.74) is 0. The smallest absolute Gasteiger partial charge is 0.290 e. The minimum absolute atomic E-state index is 0.250. The average molecular weight is 208 g/mol. The van der Waals surface area contributed by atoms with Crippen LogP contribution < -0.4 is 0 Å². The zero-order chi connectivity index (χ0) is 11.7. The fourth-order valence-corrected chi connectivity index (χ4v) is 0.510. The first-order valence-electron chi connectivity index (χ1n) is 4.98. The molecule has 0 unspecified atom stereocenters. The molecular weight excluding hydrogens is 184 g/mol. The first kappa shape index (κ1) is 19.0. The van der Waals surface area contributed by atoms with E-state index >= 15 is 0 Å². The largest absolute Gasteiger partial charge is 0.483 e. The average Bonchev–Trinajstić information content (AvgIpc) is 2.80. The van der Waals surface area contributed by atoms with Gasteiger partial charge in [-0.3, -0.25) is 4.79 Å². The summed E-state index contributed by atoms with van der Waals surface area (Å²) in [4.78, 5) is 8.36. The number of ether oxygens (including phenoxy) is 2. The molecule has 0 bridgehead atoms. The Balaban J connectivity index is -0.000000123. The van der Waals surface area contributed by atoms with E-state index in [0.29, 0.717) is 0 Å². The molecule has 4 heteroatoms. The van der Waals surface area contributed by atoms with E-state index < -0.39 is 0 Å². The van der Waals surface area contributed by atoms with Crippen LogP contribution in [0.15, 0.2) is 0 Å².